The Hall–Kier alpha value is -1.66. The summed E-state index contributed by atoms with van der Waals surface area (Å²) >= 11 is 0. The minimum Gasteiger partial charge on any atom is -0.491 e. The first-order valence-corrected chi connectivity index (χ1v) is 6.97. The molecule has 0 fully saturated rings. The number of ether oxygens (including phenoxy) is 1. The normalized spacial score (nSPS) is 12.8. The Bertz CT molecular complexity index is 557. The van der Waals surface area contributed by atoms with Gasteiger partial charge in [0.2, 0.25) is 0 Å². The van der Waals surface area contributed by atoms with Crippen LogP contribution in [0.5, 0.6) is 5.75 Å². The first-order chi connectivity index (χ1) is 10.2. The molecule has 5 nitrogen and oxygen atoms in total. The van der Waals surface area contributed by atoms with E-state index in [0.717, 1.165) is 10.8 Å². The Morgan fingerprint density at radius 1 is 1.00 bits per heavy atom. The molecule has 0 saturated carbocycles. The van der Waals surface area contributed by atoms with E-state index in [0.29, 0.717) is 5.75 Å². The highest BCUT2D eigenvalue weighted by molar-refractivity contribution is 5.83. The fourth-order valence-electron chi connectivity index (χ4n) is 2.00. The third kappa shape index (κ3) is 4.68. The second-order valence-electron chi connectivity index (χ2n) is 4.94. The number of aliphatic hydroxyl groups is 3. The molecule has 21 heavy (non-hydrogen) atoms. The molecule has 2 rings (SSSR count). The highest BCUT2D eigenvalue weighted by atomic mass is 16.5. The van der Waals surface area contributed by atoms with Gasteiger partial charge in [0.1, 0.15) is 18.5 Å². The summed E-state index contributed by atoms with van der Waals surface area (Å²) in [5.74, 6) is 0.702. The molecule has 0 aliphatic heterocycles. The van der Waals surface area contributed by atoms with E-state index in [-0.39, 0.29) is 26.4 Å². The summed E-state index contributed by atoms with van der Waals surface area (Å²) in [5.41, 5.74) is 0. The molecular formula is C16H21NO4. The van der Waals surface area contributed by atoms with Crippen molar-refractivity contribution in [2.75, 3.05) is 26.4 Å². The molecule has 0 aliphatic rings. The Morgan fingerprint density at radius 2 is 1.71 bits per heavy atom. The van der Waals surface area contributed by atoms with Gasteiger partial charge in [0.25, 0.3) is 0 Å². The number of rotatable bonds is 8. The van der Waals surface area contributed by atoms with Crippen LogP contribution in [0.2, 0.25) is 0 Å². The number of hydrogen-bond acceptors (Lipinski definition) is 5. The van der Waals surface area contributed by atoms with Gasteiger partial charge in [-0.2, -0.15) is 0 Å². The maximum atomic E-state index is 9.81. The monoisotopic (exact) mass is 291 g/mol. The minimum atomic E-state index is -0.711. The Labute approximate surface area is 123 Å². The van der Waals surface area contributed by atoms with Gasteiger partial charge in [-0.15, -0.1) is 0 Å². The van der Waals surface area contributed by atoms with Gasteiger partial charge in [-0.25, -0.2) is 0 Å². The average Bonchev–Trinajstić information content (AvgIpc) is 2.53. The summed E-state index contributed by atoms with van der Waals surface area (Å²) < 4.78 is 5.56. The van der Waals surface area contributed by atoms with Crippen LogP contribution in [0, 0.1) is 0 Å². The van der Waals surface area contributed by atoms with Crippen molar-refractivity contribution in [2.24, 2.45) is 0 Å². The van der Waals surface area contributed by atoms with Gasteiger partial charge in [0.15, 0.2) is 0 Å². The minimum absolute atomic E-state index is 0.148. The molecule has 0 amide bonds. The lowest BCUT2D eigenvalue weighted by Crippen LogP contribution is -2.41. The standard InChI is InChI=1S/C16H21NO4/c18-9-14(10-19)17-8-15(20)11-21-16-6-5-12-3-1-2-4-13(12)7-16/h1-7,14-15,17-20H,8-11H2/t15-/m1/s1. The van der Waals surface area contributed by atoms with Gasteiger partial charge >= 0.3 is 0 Å². The van der Waals surface area contributed by atoms with Crippen molar-refractivity contribution < 1.29 is 20.1 Å². The van der Waals surface area contributed by atoms with Crippen molar-refractivity contribution in [1.29, 1.82) is 0 Å². The molecule has 2 aromatic rings. The molecule has 0 spiro atoms. The van der Waals surface area contributed by atoms with E-state index in [9.17, 15) is 5.11 Å². The summed E-state index contributed by atoms with van der Waals surface area (Å²) in [4.78, 5) is 0. The van der Waals surface area contributed by atoms with Crippen LogP contribution < -0.4 is 10.1 Å². The Morgan fingerprint density at radius 3 is 2.43 bits per heavy atom. The quantitative estimate of drug-likeness (QED) is 0.570. The largest absolute Gasteiger partial charge is 0.491 e. The van der Waals surface area contributed by atoms with E-state index in [1.165, 1.54) is 0 Å². The topological polar surface area (TPSA) is 82.0 Å². The molecule has 0 heterocycles. The summed E-state index contributed by atoms with van der Waals surface area (Å²) in [6, 6.07) is 13.3. The third-order valence-electron chi connectivity index (χ3n) is 3.25. The van der Waals surface area contributed by atoms with Crippen LogP contribution in [0.3, 0.4) is 0 Å². The smallest absolute Gasteiger partial charge is 0.120 e. The van der Waals surface area contributed by atoms with Gasteiger partial charge in [0, 0.05) is 6.54 Å². The molecule has 2 aromatic carbocycles. The van der Waals surface area contributed by atoms with Crippen molar-refractivity contribution in [3.8, 4) is 5.75 Å². The average molecular weight is 291 g/mol. The van der Waals surface area contributed by atoms with E-state index < -0.39 is 12.1 Å². The second-order valence-corrected chi connectivity index (χ2v) is 4.94. The number of nitrogens with one attached hydrogen (secondary N) is 1. The predicted molar refractivity (Wildman–Crippen MR) is 81.4 cm³/mol. The molecule has 1 atom stereocenters. The van der Waals surface area contributed by atoms with Gasteiger partial charge in [0.05, 0.1) is 19.3 Å². The van der Waals surface area contributed by atoms with E-state index in [2.05, 4.69) is 5.32 Å². The fraction of sp³-hybridized carbons (Fsp3) is 0.375. The van der Waals surface area contributed by atoms with Gasteiger partial charge < -0.3 is 25.4 Å². The van der Waals surface area contributed by atoms with Crippen LogP contribution in [0.4, 0.5) is 0 Å². The molecule has 0 unspecified atom stereocenters. The number of benzene rings is 2. The first kappa shape index (κ1) is 15.7. The van der Waals surface area contributed by atoms with Crippen molar-refractivity contribution >= 4 is 10.8 Å². The van der Waals surface area contributed by atoms with E-state index in [1.807, 2.05) is 42.5 Å². The molecule has 114 valence electrons. The SMILES string of the molecule is OCC(CO)NC[C@@H](O)COc1ccc2ccccc2c1. The molecule has 0 saturated heterocycles. The highest BCUT2D eigenvalue weighted by Crippen LogP contribution is 2.20. The lowest BCUT2D eigenvalue weighted by molar-refractivity contribution is 0.0930. The summed E-state index contributed by atoms with van der Waals surface area (Å²) in [6.45, 7) is 0.0534. The molecule has 0 aromatic heterocycles. The lowest BCUT2D eigenvalue weighted by Gasteiger charge is -2.17. The number of hydrogen-bond donors (Lipinski definition) is 4. The Balaban J connectivity index is 1.83. The van der Waals surface area contributed by atoms with Crippen molar-refractivity contribution in [1.82, 2.24) is 5.32 Å². The maximum Gasteiger partial charge on any atom is 0.120 e. The molecule has 0 radical (unpaired) electrons. The highest BCUT2D eigenvalue weighted by Gasteiger charge is 2.10. The van der Waals surface area contributed by atoms with E-state index in [1.54, 1.807) is 0 Å². The molecule has 0 bridgehead atoms. The maximum absolute atomic E-state index is 9.81. The third-order valence-corrected chi connectivity index (χ3v) is 3.25. The molecule has 5 heteroatoms. The molecular weight excluding hydrogens is 270 g/mol. The van der Waals surface area contributed by atoms with Crippen molar-refractivity contribution in [3.05, 3.63) is 42.5 Å². The zero-order valence-corrected chi connectivity index (χ0v) is 11.8. The van der Waals surface area contributed by atoms with E-state index in [4.69, 9.17) is 14.9 Å². The van der Waals surface area contributed by atoms with Crippen LogP contribution in [-0.2, 0) is 0 Å². The molecule has 0 aliphatic carbocycles. The summed E-state index contributed by atoms with van der Waals surface area (Å²) in [7, 11) is 0. The summed E-state index contributed by atoms with van der Waals surface area (Å²) in [5, 5.41) is 32.7. The van der Waals surface area contributed by atoms with Crippen LogP contribution in [0.25, 0.3) is 10.8 Å². The van der Waals surface area contributed by atoms with E-state index >= 15 is 0 Å². The number of aliphatic hydroxyl groups excluding tert-OH is 3. The zero-order chi connectivity index (χ0) is 15.1. The predicted octanol–water partition coefficient (Wildman–Crippen LogP) is 0.522. The van der Waals surface area contributed by atoms with Crippen molar-refractivity contribution in [2.45, 2.75) is 12.1 Å². The van der Waals surface area contributed by atoms with Gasteiger partial charge in [-0.05, 0) is 22.9 Å². The van der Waals surface area contributed by atoms with Crippen LogP contribution in [0.1, 0.15) is 0 Å². The number of fused-ring (bicyclic) bond motifs is 1. The van der Waals surface area contributed by atoms with Crippen LogP contribution >= 0.6 is 0 Å². The molecule has 4 N–H and O–H groups in total. The van der Waals surface area contributed by atoms with Gasteiger partial charge in [-0.1, -0.05) is 30.3 Å². The second kappa shape index (κ2) is 7.95. The zero-order valence-electron chi connectivity index (χ0n) is 11.8. The van der Waals surface area contributed by atoms with Crippen LogP contribution in [-0.4, -0.2) is 53.8 Å². The summed E-state index contributed by atoms with van der Waals surface area (Å²) in [6.07, 6.45) is -0.711. The van der Waals surface area contributed by atoms with Crippen molar-refractivity contribution in [3.63, 3.8) is 0 Å². The Kier molecular flexibility index (Phi) is 5.95. The fourth-order valence-corrected chi connectivity index (χ4v) is 2.00. The lowest BCUT2D eigenvalue weighted by atomic mass is 10.1. The van der Waals surface area contributed by atoms with Crippen LogP contribution in [0.15, 0.2) is 42.5 Å². The van der Waals surface area contributed by atoms with Gasteiger partial charge in [-0.3, -0.25) is 0 Å². The first-order valence-electron chi connectivity index (χ1n) is 6.97.